The van der Waals surface area contributed by atoms with Gasteiger partial charge in [-0.1, -0.05) is 30.3 Å². The van der Waals surface area contributed by atoms with Gasteiger partial charge in [0.05, 0.1) is 11.4 Å². The molecule has 0 saturated carbocycles. The monoisotopic (exact) mass is 270 g/mol. The van der Waals surface area contributed by atoms with E-state index in [1.165, 1.54) is 25.9 Å². The van der Waals surface area contributed by atoms with Crippen molar-refractivity contribution >= 4 is 0 Å². The quantitative estimate of drug-likeness (QED) is 0.860. The van der Waals surface area contributed by atoms with E-state index in [-0.39, 0.29) is 0 Å². The van der Waals surface area contributed by atoms with E-state index in [0.29, 0.717) is 0 Å². The van der Waals surface area contributed by atoms with E-state index >= 15 is 0 Å². The van der Waals surface area contributed by atoms with Crippen molar-refractivity contribution in [3.8, 4) is 5.69 Å². The first-order valence-corrected chi connectivity index (χ1v) is 7.43. The third-order valence-electron chi connectivity index (χ3n) is 4.24. The Bertz CT molecular complexity index is 553. The molecule has 0 spiro atoms. The molecule has 0 aliphatic carbocycles. The van der Waals surface area contributed by atoms with Crippen LogP contribution in [-0.2, 0) is 6.54 Å². The maximum atomic E-state index is 4.38. The maximum absolute atomic E-state index is 4.38. The molecular weight excluding hydrogens is 248 g/mol. The zero-order valence-electron chi connectivity index (χ0n) is 12.3. The minimum atomic E-state index is 0.868. The highest BCUT2D eigenvalue weighted by molar-refractivity contribution is 5.32. The molecule has 1 fully saturated rings. The molecule has 0 atom stereocenters. The highest BCUT2D eigenvalue weighted by atomic mass is 15.4. The molecule has 0 bridgehead atoms. The molecule has 4 heteroatoms. The minimum absolute atomic E-state index is 0.868. The molecule has 0 N–H and O–H groups in total. The highest BCUT2D eigenvalue weighted by Gasteiger charge is 2.18. The Balaban J connectivity index is 1.74. The molecule has 2 heterocycles. The summed E-state index contributed by atoms with van der Waals surface area (Å²) in [5.41, 5.74) is 3.33. The van der Waals surface area contributed by atoms with Crippen LogP contribution in [0, 0.1) is 12.8 Å². The zero-order chi connectivity index (χ0) is 13.9. The Kier molecular flexibility index (Phi) is 3.83. The zero-order valence-corrected chi connectivity index (χ0v) is 12.3. The molecule has 4 nitrogen and oxygen atoms in total. The van der Waals surface area contributed by atoms with Crippen LogP contribution in [0.4, 0.5) is 0 Å². The van der Waals surface area contributed by atoms with Crippen molar-refractivity contribution in [2.45, 2.75) is 33.2 Å². The van der Waals surface area contributed by atoms with Crippen LogP contribution in [0.15, 0.2) is 30.3 Å². The van der Waals surface area contributed by atoms with Gasteiger partial charge in [0, 0.05) is 6.54 Å². The number of nitrogens with zero attached hydrogens (tertiary/aromatic N) is 4. The summed E-state index contributed by atoms with van der Waals surface area (Å²) in [6.07, 6.45) is 2.59. The van der Waals surface area contributed by atoms with Crippen LogP contribution in [0.5, 0.6) is 0 Å². The second kappa shape index (κ2) is 5.75. The number of likely N-dealkylation sites (tertiary alicyclic amines) is 1. The lowest BCUT2D eigenvalue weighted by Gasteiger charge is -2.29. The molecule has 3 rings (SSSR count). The average molecular weight is 270 g/mol. The Morgan fingerprint density at radius 1 is 1.15 bits per heavy atom. The second-order valence-corrected chi connectivity index (χ2v) is 5.83. The van der Waals surface area contributed by atoms with Crippen molar-refractivity contribution in [3.63, 3.8) is 0 Å². The van der Waals surface area contributed by atoms with Crippen molar-refractivity contribution in [1.29, 1.82) is 0 Å². The number of hydrogen-bond donors (Lipinski definition) is 0. The van der Waals surface area contributed by atoms with Crippen LogP contribution in [-0.4, -0.2) is 33.0 Å². The summed E-state index contributed by atoms with van der Waals surface area (Å²) < 4.78 is 1.93. The topological polar surface area (TPSA) is 34.0 Å². The molecule has 0 unspecified atom stereocenters. The first-order chi connectivity index (χ1) is 9.74. The van der Waals surface area contributed by atoms with Gasteiger partial charge in [-0.2, -0.15) is 0 Å². The van der Waals surface area contributed by atoms with Gasteiger partial charge in [-0.3, -0.25) is 4.90 Å². The molecule has 106 valence electrons. The van der Waals surface area contributed by atoms with Crippen molar-refractivity contribution in [3.05, 3.63) is 41.7 Å². The number of hydrogen-bond acceptors (Lipinski definition) is 3. The largest absolute Gasteiger partial charge is 0.297 e. The molecule has 1 aromatic carbocycles. The fourth-order valence-electron chi connectivity index (χ4n) is 2.75. The number of benzene rings is 1. The van der Waals surface area contributed by atoms with Gasteiger partial charge in [0.15, 0.2) is 0 Å². The molecule has 0 radical (unpaired) electrons. The molecule has 20 heavy (non-hydrogen) atoms. The van der Waals surface area contributed by atoms with Gasteiger partial charge in [0.2, 0.25) is 0 Å². The van der Waals surface area contributed by atoms with Crippen molar-refractivity contribution in [2.75, 3.05) is 13.1 Å². The fraction of sp³-hybridized carbons (Fsp3) is 0.500. The summed E-state index contributed by atoms with van der Waals surface area (Å²) in [5.74, 6) is 0.868. The van der Waals surface area contributed by atoms with E-state index in [9.17, 15) is 0 Å². The normalized spacial score (nSPS) is 17.5. The standard InChI is InChI=1S/C16H22N4/c1-13-8-10-19(11-9-13)12-16-14(2)20(18-17-16)15-6-4-3-5-7-15/h3-7,13H,8-12H2,1-2H3. The van der Waals surface area contributed by atoms with E-state index in [1.54, 1.807) is 0 Å². The van der Waals surface area contributed by atoms with Crippen LogP contribution in [0.1, 0.15) is 31.2 Å². The highest BCUT2D eigenvalue weighted by Crippen LogP contribution is 2.19. The Hall–Kier alpha value is -1.68. The number of aromatic nitrogens is 3. The van der Waals surface area contributed by atoms with E-state index < -0.39 is 0 Å². The van der Waals surface area contributed by atoms with Crippen molar-refractivity contribution in [2.24, 2.45) is 5.92 Å². The van der Waals surface area contributed by atoms with Crippen molar-refractivity contribution in [1.82, 2.24) is 19.9 Å². The third kappa shape index (κ3) is 2.75. The summed E-state index contributed by atoms with van der Waals surface area (Å²) in [5, 5.41) is 8.68. The summed E-state index contributed by atoms with van der Waals surface area (Å²) in [6.45, 7) is 7.73. The van der Waals surface area contributed by atoms with Gasteiger partial charge in [-0.15, -0.1) is 5.10 Å². The van der Waals surface area contributed by atoms with Crippen LogP contribution in [0.2, 0.25) is 0 Å². The predicted molar refractivity (Wildman–Crippen MR) is 79.8 cm³/mol. The lowest BCUT2D eigenvalue weighted by atomic mass is 9.99. The number of rotatable bonds is 3. The van der Waals surface area contributed by atoms with Gasteiger partial charge in [-0.05, 0) is 50.9 Å². The smallest absolute Gasteiger partial charge is 0.100 e. The molecule has 1 aliphatic rings. The summed E-state index contributed by atoms with van der Waals surface area (Å²) in [6, 6.07) is 10.2. The lowest BCUT2D eigenvalue weighted by Crippen LogP contribution is -2.32. The van der Waals surface area contributed by atoms with Gasteiger partial charge in [0.25, 0.3) is 0 Å². The summed E-state index contributed by atoms with van der Waals surface area (Å²) >= 11 is 0. The fourth-order valence-corrected chi connectivity index (χ4v) is 2.75. The van der Waals surface area contributed by atoms with E-state index in [0.717, 1.165) is 29.5 Å². The number of piperidine rings is 1. The van der Waals surface area contributed by atoms with Crippen LogP contribution >= 0.6 is 0 Å². The molecular formula is C16H22N4. The first kappa shape index (κ1) is 13.3. The number of para-hydroxylation sites is 1. The molecule has 1 aromatic heterocycles. The minimum Gasteiger partial charge on any atom is -0.297 e. The van der Waals surface area contributed by atoms with Gasteiger partial charge in [-0.25, -0.2) is 4.68 Å². The third-order valence-corrected chi connectivity index (χ3v) is 4.24. The van der Waals surface area contributed by atoms with E-state index in [2.05, 4.69) is 41.2 Å². The second-order valence-electron chi connectivity index (χ2n) is 5.83. The Labute approximate surface area is 120 Å². The predicted octanol–water partition coefficient (Wildman–Crippen LogP) is 2.81. The molecule has 1 aliphatic heterocycles. The maximum Gasteiger partial charge on any atom is 0.100 e. The van der Waals surface area contributed by atoms with Crippen LogP contribution in [0.3, 0.4) is 0 Å². The van der Waals surface area contributed by atoms with Gasteiger partial charge < -0.3 is 0 Å². The van der Waals surface area contributed by atoms with E-state index in [1.807, 2.05) is 22.9 Å². The van der Waals surface area contributed by atoms with Crippen LogP contribution < -0.4 is 0 Å². The average Bonchev–Trinajstić information content (AvgIpc) is 2.84. The van der Waals surface area contributed by atoms with Crippen molar-refractivity contribution < 1.29 is 0 Å². The molecule has 0 amide bonds. The van der Waals surface area contributed by atoms with E-state index in [4.69, 9.17) is 0 Å². The van der Waals surface area contributed by atoms with Gasteiger partial charge in [0.1, 0.15) is 5.69 Å². The van der Waals surface area contributed by atoms with Crippen LogP contribution in [0.25, 0.3) is 5.69 Å². The SMILES string of the molecule is Cc1c(CN2CCC(C)CC2)nnn1-c1ccccc1. The lowest BCUT2D eigenvalue weighted by molar-refractivity contribution is 0.183. The Morgan fingerprint density at radius 2 is 1.85 bits per heavy atom. The molecule has 2 aromatic rings. The Morgan fingerprint density at radius 3 is 2.55 bits per heavy atom. The summed E-state index contributed by atoms with van der Waals surface area (Å²) in [7, 11) is 0. The van der Waals surface area contributed by atoms with Gasteiger partial charge >= 0.3 is 0 Å². The first-order valence-electron chi connectivity index (χ1n) is 7.43. The molecule has 1 saturated heterocycles. The summed E-state index contributed by atoms with van der Waals surface area (Å²) in [4.78, 5) is 2.49.